The van der Waals surface area contributed by atoms with Crippen LogP contribution in [0.2, 0.25) is 0 Å². The first-order valence-corrected chi connectivity index (χ1v) is 5.44. The molecule has 2 rings (SSSR count). The number of anilines is 1. The molecule has 1 aromatic rings. The van der Waals surface area contributed by atoms with Gasteiger partial charge in [0.15, 0.2) is 0 Å². The van der Waals surface area contributed by atoms with Crippen LogP contribution in [-0.4, -0.2) is 38.8 Å². The van der Waals surface area contributed by atoms with Gasteiger partial charge in [-0.1, -0.05) is 18.2 Å². The van der Waals surface area contributed by atoms with Crippen LogP contribution >= 0.6 is 0 Å². The van der Waals surface area contributed by atoms with Crippen LogP contribution in [0, 0.1) is 0 Å². The lowest BCUT2D eigenvalue weighted by molar-refractivity contribution is -0.120. The summed E-state index contributed by atoms with van der Waals surface area (Å²) in [6.45, 7) is 1.64. The third-order valence-corrected chi connectivity index (χ3v) is 2.72. The summed E-state index contributed by atoms with van der Waals surface area (Å²) in [5, 5.41) is 2.98. The summed E-state index contributed by atoms with van der Waals surface area (Å²) in [6.07, 6.45) is 0. The van der Waals surface area contributed by atoms with Gasteiger partial charge in [-0.3, -0.25) is 4.79 Å². The number of benzene rings is 1. The highest BCUT2D eigenvalue weighted by Crippen LogP contribution is 2.15. The van der Waals surface area contributed by atoms with Gasteiger partial charge in [0.25, 0.3) is 0 Å². The van der Waals surface area contributed by atoms with E-state index in [0.717, 1.165) is 5.69 Å². The van der Waals surface area contributed by atoms with E-state index in [1.54, 1.807) is 11.9 Å². The number of nitrogens with zero attached hydrogens (tertiary/aromatic N) is 1. The summed E-state index contributed by atoms with van der Waals surface area (Å²) in [5.74, 6) is 0.0752. The van der Waals surface area contributed by atoms with Crippen molar-refractivity contribution in [1.29, 1.82) is 0 Å². The number of hydrogen-bond donors (Lipinski definition) is 1. The predicted octanol–water partition coefficient (Wildman–Crippen LogP) is 0.638. The molecule has 1 amide bonds. The molecule has 1 N–H and O–H groups in total. The van der Waals surface area contributed by atoms with E-state index in [9.17, 15) is 4.79 Å². The number of rotatable bonds is 2. The molecular formula is C12H16N2O2. The highest BCUT2D eigenvalue weighted by molar-refractivity contribution is 5.97. The molecule has 1 saturated heterocycles. The summed E-state index contributed by atoms with van der Waals surface area (Å²) in [7, 11) is 1.78. The van der Waals surface area contributed by atoms with Crippen LogP contribution in [0.5, 0.6) is 0 Å². The Labute approximate surface area is 95.2 Å². The lowest BCUT2D eigenvalue weighted by atomic mass is 10.2. The van der Waals surface area contributed by atoms with Gasteiger partial charge >= 0.3 is 0 Å². The minimum Gasteiger partial charge on any atom is -0.377 e. The smallest absolute Gasteiger partial charge is 0.246 e. The Bertz CT molecular complexity index is 353. The Kier molecular flexibility index (Phi) is 3.54. The number of carbonyl (C=O) groups excluding carboxylic acids is 1. The van der Waals surface area contributed by atoms with Gasteiger partial charge in [0.2, 0.25) is 5.91 Å². The zero-order valence-corrected chi connectivity index (χ0v) is 9.35. The summed E-state index contributed by atoms with van der Waals surface area (Å²) in [6, 6.07) is 9.44. The molecule has 0 bridgehead atoms. The molecule has 1 heterocycles. The zero-order valence-electron chi connectivity index (χ0n) is 9.35. The first kappa shape index (κ1) is 11.1. The minimum atomic E-state index is -0.247. The highest BCUT2D eigenvalue weighted by atomic mass is 16.5. The van der Waals surface area contributed by atoms with E-state index in [4.69, 9.17) is 4.74 Å². The Morgan fingerprint density at radius 3 is 2.81 bits per heavy atom. The number of ether oxygens (including phenoxy) is 1. The SMILES string of the molecule is CNC1COCCN(c2ccccc2)C1=O. The normalized spacial score (nSPS) is 21.9. The van der Waals surface area contributed by atoms with Crippen LogP contribution in [0.3, 0.4) is 0 Å². The fourth-order valence-corrected chi connectivity index (χ4v) is 1.80. The fourth-order valence-electron chi connectivity index (χ4n) is 1.80. The fraction of sp³-hybridized carbons (Fsp3) is 0.417. The summed E-state index contributed by atoms with van der Waals surface area (Å²) in [4.78, 5) is 13.9. The molecule has 1 fully saturated rings. The van der Waals surface area contributed by atoms with Crippen molar-refractivity contribution in [2.24, 2.45) is 0 Å². The maximum atomic E-state index is 12.2. The van der Waals surface area contributed by atoms with Crippen molar-refractivity contribution < 1.29 is 9.53 Å². The number of hydrogen-bond acceptors (Lipinski definition) is 3. The van der Waals surface area contributed by atoms with Crippen molar-refractivity contribution in [1.82, 2.24) is 5.32 Å². The summed E-state index contributed by atoms with van der Waals surface area (Å²) >= 11 is 0. The van der Waals surface area contributed by atoms with E-state index < -0.39 is 0 Å². The number of nitrogens with one attached hydrogen (secondary N) is 1. The minimum absolute atomic E-state index is 0.0752. The molecule has 1 aliphatic rings. The lowest BCUT2D eigenvalue weighted by Crippen LogP contribution is -2.46. The van der Waals surface area contributed by atoms with Crippen molar-refractivity contribution in [2.75, 3.05) is 31.7 Å². The first-order chi connectivity index (χ1) is 7.83. The summed E-state index contributed by atoms with van der Waals surface area (Å²) in [5.41, 5.74) is 0.929. The molecule has 1 unspecified atom stereocenters. The second-order valence-corrected chi connectivity index (χ2v) is 3.74. The molecule has 1 atom stereocenters. The zero-order chi connectivity index (χ0) is 11.4. The van der Waals surface area contributed by atoms with Crippen molar-refractivity contribution >= 4 is 11.6 Å². The van der Waals surface area contributed by atoms with E-state index in [2.05, 4.69) is 5.32 Å². The molecule has 0 aromatic heterocycles. The van der Waals surface area contributed by atoms with Gasteiger partial charge in [0, 0.05) is 12.2 Å². The van der Waals surface area contributed by atoms with Crippen molar-refractivity contribution in [3.63, 3.8) is 0 Å². The summed E-state index contributed by atoms with van der Waals surface area (Å²) < 4.78 is 5.40. The third-order valence-electron chi connectivity index (χ3n) is 2.72. The van der Waals surface area contributed by atoms with Gasteiger partial charge in [0.1, 0.15) is 6.04 Å². The molecule has 1 aliphatic heterocycles. The molecule has 16 heavy (non-hydrogen) atoms. The van der Waals surface area contributed by atoms with Crippen LogP contribution in [0.1, 0.15) is 0 Å². The molecule has 0 saturated carbocycles. The van der Waals surface area contributed by atoms with E-state index in [-0.39, 0.29) is 11.9 Å². The Hall–Kier alpha value is -1.39. The largest absolute Gasteiger partial charge is 0.377 e. The number of carbonyl (C=O) groups is 1. The van der Waals surface area contributed by atoms with E-state index >= 15 is 0 Å². The lowest BCUT2D eigenvalue weighted by Gasteiger charge is -2.23. The molecule has 1 aromatic carbocycles. The van der Waals surface area contributed by atoms with Gasteiger partial charge in [-0.2, -0.15) is 0 Å². The average Bonchev–Trinajstić information content (AvgIpc) is 2.52. The molecule has 4 heteroatoms. The third kappa shape index (κ3) is 2.23. The quantitative estimate of drug-likeness (QED) is 0.795. The average molecular weight is 220 g/mol. The maximum absolute atomic E-state index is 12.2. The molecule has 4 nitrogen and oxygen atoms in total. The Balaban J connectivity index is 2.22. The monoisotopic (exact) mass is 220 g/mol. The Morgan fingerprint density at radius 2 is 2.12 bits per heavy atom. The van der Waals surface area contributed by atoms with Crippen molar-refractivity contribution in [2.45, 2.75) is 6.04 Å². The predicted molar refractivity (Wildman–Crippen MR) is 62.5 cm³/mol. The van der Waals surface area contributed by atoms with Crippen LogP contribution in [-0.2, 0) is 9.53 Å². The first-order valence-electron chi connectivity index (χ1n) is 5.44. The van der Waals surface area contributed by atoms with Crippen LogP contribution in [0.25, 0.3) is 0 Å². The molecule has 0 aliphatic carbocycles. The van der Waals surface area contributed by atoms with Gasteiger partial charge in [-0.25, -0.2) is 0 Å². The Morgan fingerprint density at radius 1 is 1.38 bits per heavy atom. The number of amides is 1. The molecule has 0 spiro atoms. The van der Waals surface area contributed by atoms with E-state index in [1.807, 2.05) is 30.3 Å². The highest BCUT2D eigenvalue weighted by Gasteiger charge is 2.26. The van der Waals surface area contributed by atoms with Crippen molar-refractivity contribution in [3.8, 4) is 0 Å². The van der Waals surface area contributed by atoms with Crippen molar-refractivity contribution in [3.05, 3.63) is 30.3 Å². The van der Waals surface area contributed by atoms with Crippen LogP contribution < -0.4 is 10.2 Å². The number of para-hydroxylation sites is 1. The van der Waals surface area contributed by atoms with Crippen LogP contribution in [0.15, 0.2) is 30.3 Å². The number of likely N-dealkylation sites (N-methyl/N-ethyl adjacent to an activating group) is 1. The van der Waals surface area contributed by atoms with Gasteiger partial charge < -0.3 is 15.0 Å². The van der Waals surface area contributed by atoms with E-state index in [1.165, 1.54) is 0 Å². The van der Waals surface area contributed by atoms with Gasteiger partial charge in [-0.05, 0) is 19.2 Å². The molecular weight excluding hydrogens is 204 g/mol. The molecule has 0 radical (unpaired) electrons. The van der Waals surface area contributed by atoms with Crippen LogP contribution in [0.4, 0.5) is 5.69 Å². The van der Waals surface area contributed by atoms with Gasteiger partial charge in [-0.15, -0.1) is 0 Å². The second-order valence-electron chi connectivity index (χ2n) is 3.74. The van der Waals surface area contributed by atoms with E-state index in [0.29, 0.717) is 19.8 Å². The topological polar surface area (TPSA) is 41.6 Å². The second kappa shape index (κ2) is 5.09. The molecule has 86 valence electrons. The maximum Gasteiger partial charge on any atom is 0.246 e. The van der Waals surface area contributed by atoms with Gasteiger partial charge in [0.05, 0.1) is 13.2 Å². The standard InChI is InChI=1S/C12H16N2O2/c1-13-11-9-16-8-7-14(12(11)15)10-5-3-2-4-6-10/h2-6,11,13H,7-9H2,1H3.